The lowest BCUT2D eigenvalue weighted by atomic mass is 9.99. The average molecular weight is 374 g/mol. The maximum absolute atomic E-state index is 12.6. The van der Waals surface area contributed by atoms with Crippen molar-refractivity contribution in [2.24, 2.45) is 0 Å². The van der Waals surface area contributed by atoms with Crippen LogP contribution in [0.4, 0.5) is 0 Å². The molecule has 2 aromatic rings. The minimum absolute atomic E-state index is 0.199. The molecular weight excluding hydrogens is 354 g/mol. The lowest BCUT2D eigenvalue weighted by Crippen LogP contribution is -2.43. The number of esters is 1. The smallest absolute Gasteiger partial charge is 0.344 e. The summed E-state index contributed by atoms with van der Waals surface area (Å²) in [5, 5.41) is 0.518. The number of carbonyl (C=O) groups excluding carboxylic acids is 2. The van der Waals surface area contributed by atoms with Crippen LogP contribution in [0, 0.1) is 0 Å². The highest BCUT2D eigenvalue weighted by molar-refractivity contribution is 6.30. The van der Waals surface area contributed by atoms with Crippen molar-refractivity contribution in [3.05, 3.63) is 64.7 Å². The maximum Gasteiger partial charge on any atom is 0.344 e. The summed E-state index contributed by atoms with van der Waals surface area (Å²) in [5.41, 5.74) is 2.39. The predicted octanol–water partition coefficient (Wildman–Crippen LogP) is 3.24. The number of halogens is 1. The Balaban J connectivity index is 1.50. The first-order chi connectivity index (χ1) is 12.5. The third-order valence-electron chi connectivity index (χ3n) is 4.25. The van der Waals surface area contributed by atoms with E-state index in [1.165, 1.54) is 5.56 Å². The van der Waals surface area contributed by atoms with Crippen molar-refractivity contribution in [2.75, 3.05) is 13.2 Å². The monoisotopic (exact) mass is 373 g/mol. The van der Waals surface area contributed by atoms with Crippen molar-refractivity contribution in [3.63, 3.8) is 0 Å². The first kappa shape index (κ1) is 18.3. The zero-order valence-electron chi connectivity index (χ0n) is 14.5. The Kier molecular flexibility index (Phi) is 5.78. The zero-order chi connectivity index (χ0) is 18.5. The number of carbonyl (C=O) groups is 2. The fraction of sp³-hybridized carbons (Fsp3) is 0.300. The van der Waals surface area contributed by atoms with Gasteiger partial charge in [-0.25, -0.2) is 4.79 Å². The van der Waals surface area contributed by atoms with Gasteiger partial charge in [-0.1, -0.05) is 41.9 Å². The minimum atomic E-state index is -0.851. The highest BCUT2D eigenvalue weighted by Crippen LogP contribution is 2.20. The second-order valence-electron chi connectivity index (χ2n) is 6.16. The first-order valence-corrected chi connectivity index (χ1v) is 8.84. The van der Waals surface area contributed by atoms with Crippen molar-refractivity contribution in [3.8, 4) is 5.75 Å². The highest BCUT2D eigenvalue weighted by atomic mass is 35.5. The number of ether oxygens (including phenoxy) is 2. The molecule has 1 aliphatic heterocycles. The van der Waals surface area contributed by atoms with Crippen LogP contribution in [0.1, 0.15) is 18.1 Å². The molecule has 2 aromatic carbocycles. The molecule has 0 spiro atoms. The number of amides is 1. The summed E-state index contributed by atoms with van der Waals surface area (Å²) in [6.07, 6.45) is -0.0452. The summed E-state index contributed by atoms with van der Waals surface area (Å²) in [7, 11) is 0. The Morgan fingerprint density at radius 1 is 1.15 bits per heavy atom. The van der Waals surface area contributed by atoms with E-state index >= 15 is 0 Å². The lowest BCUT2D eigenvalue weighted by molar-refractivity contribution is -0.161. The fourth-order valence-electron chi connectivity index (χ4n) is 2.92. The Labute approximate surface area is 157 Å². The van der Waals surface area contributed by atoms with Crippen LogP contribution in [0.15, 0.2) is 48.5 Å². The van der Waals surface area contributed by atoms with Crippen molar-refractivity contribution >= 4 is 23.5 Å². The molecule has 0 N–H and O–H groups in total. The third-order valence-corrected chi connectivity index (χ3v) is 4.49. The van der Waals surface area contributed by atoms with Gasteiger partial charge in [-0.2, -0.15) is 0 Å². The molecule has 1 heterocycles. The van der Waals surface area contributed by atoms with Crippen LogP contribution < -0.4 is 4.74 Å². The first-order valence-electron chi connectivity index (χ1n) is 8.46. The predicted molar refractivity (Wildman–Crippen MR) is 98.1 cm³/mol. The van der Waals surface area contributed by atoms with Gasteiger partial charge >= 0.3 is 5.97 Å². The molecule has 0 aliphatic carbocycles. The molecule has 0 aromatic heterocycles. The Bertz CT molecular complexity index is 808. The number of hydrogen-bond acceptors (Lipinski definition) is 4. The standard InChI is InChI=1S/C20H20ClNO4/c1-14(26-19(23)13-25-18-8-4-7-17(21)11-18)20(24)22-10-9-15-5-2-3-6-16(15)12-22/h2-8,11,14H,9-10,12-13H2,1H3/t14-/m0/s1. The van der Waals surface area contributed by atoms with E-state index in [1.807, 2.05) is 18.2 Å². The summed E-state index contributed by atoms with van der Waals surface area (Å²) in [5.74, 6) is -0.320. The van der Waals surface area contributed by atoms with Crippen molar-refractivity contribution < 1.29 is 19.1 Å². The number of hydrogen-bond donors (Lipinski definition) is 0. The number of fused-ring (bicyclic) bond motifs is 1. The molecule has 0 radical (unpaired) electrons. The third kappa shape index (κ3) is 4.55. The van der Waals surface area contributed by atoms with Crippen LogP contribution in [0.25, 0.3) is 0 Å². The second-order valence-corrected chi connectivity index (χ2v) is 6.59. The van der Waals surface area contributed by atoms with Gasteiger partial charge in [0.2, 0.25) is 0 Å². The van der Waals surface area contributed by atoms with E-state index in [-0.39, 0.29) is 12.5 Å². The molecule has 3 rings (SSSR count). The summed E-state index contributed by atoms with van der Waals surface area (Å²) in [6.45, 7) is 2.47. The minimum Gasteiger partial charge on any atom is -0.482 e. The SMILES string of the molecule is C[C@H](OC(=O)COc1cccc(Cl)c1)C(=O)N1CCc2ccccc2C1. The number of benzene rings is 2. The van der Waals surface area contributed by atoms with Gasteiger partial charge in [0.25, 0.3) is 5.91 Å². The molecule has 26 heavy (non-hydrogen) atoms. The zero-order valence-corrected chi connectivity index (χ0v) is 15.2. The lowest BCUT2D eigenvalue weighted by Gasteiger charge is -2.30. The van der Waals surface area contributed by atoms with E-state index in [0.29, 0.717) is 23.9 Å². The molecule has 6 heteroatoms. The van der Waals surface area contributed by atoms with Gasteiger partial charge in [0, 0.05) is 18.1 Å². The van der Waals surface area contributed by atoms with Gasteiger partial charge in [0.1, 0.15) is 5.75 Å². The molecule has 5 nitrogen and oxygen atoms in total. The highest BCUT2D eigenvalue weighted by Gasteiger charge is 2.26. The van der Waals surface area contributed by atoms with Gasteiger partial charge in [-0.3, -0.25) is 4.79 Å². The largest absolute Gasteiger partial charge is 0.482 e. The van der Waals surface area contributed by atoms with Crippen molar-refractivity contribution in [2.45, 2.75) is 26.0 Å². The Hall–Kier alpha value is -2.53. The summed E-state index contributed by atoms with van der Waals surface area (Å²) >= 11 is 5.86. The van der Waals surface area contributed by atoms with Gasteiger partial charge in [0.15, 0.2) is 12.7 Å². The summed E-state index contributed by atoms with van der Waals surface area (Å²) in [6, 6.07) is 14.8. The topological polar surface area (TPSA) is 55.8 Å². The average Bonchev–Trinajstić information content (AvgIpc) is 2.65. The quantitative estimate of drug-likeness (QED) is 0.755. The van der Waals surface area contributed by atoms with E-state index in [1.54, 1.807) is 36.1 Å². The molecule has 0 unspecified atom stereocenters. The van der Waals surface area contributed by atoms with Crippen LogP contribution >= 0.6 is 11.6 Å². The number of nitrogens with zero attached hydrogens (tertiary/aromatic N) is 1. The summed E-state index contributed by atoms with van der Waals surface area (Å²) in [4.78, 5) is 26.2. The molecule has 1 amide bonds. The van der Waals surface area contributed by atoms with Crippen LogP contribution in [0.2, 0.25) is 5.02 Å². The number of rotatable bonds is 5. The molecule has 136 valence electrons. The molecule has 1 aliphatic rings. The van der Waals surface area contributed by atoms with Crippen LogP contribution in [0.5, 0.6) is 5.75 Å². The van der Waals surface area contributed by atoms with E-state index in [0.717, 1.165) is 12.0 Å². The van der Waals surface area contributed by atoms with E-state index in [9.17, 15) is 9.59 Å². The van der Waals surface area contributed by atoms with E-state index < -0.39 is 12.1 Å². The maximum atomic E-state index is 12.6. The fourth-order valence-corrected chi connectivity index (χ4v) is 3.10. The van der Waals surface area contributed by atoms with E-state index in [2.05, 4.69) is 6.07 Å². The second kappa shape index (κ2) is 8.23. The molecule has 0 bridgehead atoms. The van der Waals surface area contributed by atoms with Gasteiger partial charge in [-0.15, -0.1) is 0 Å². The van der Waals surface area contributed by atoms with Crippen LogP contribution in [-0.4, -0.2) is 36.0 Å². The molecular formula is C20H20ClNO4. The summed E-state index contributed by atoms with van der Waals surface area (Å²) < 4.78 is 10.6. The van der Waals surface area contributed by atoms with Gasteiger partial charge in [-0.05, 0) is 42.7 Å². The Morgan fingerprint density at radius 2 is 1.92 bits per heavy atom. The van der Waals surface area contributed by atoms with Crippen molar-refractivity contribution in [1.82, 2.24) is 4.90 Å². The van der Waals surface area contributed by atoms with Gasteiger partial charge < -0.3 is 14.4 Å². The van der Waals surface area contributed by atoms with Crippen LogP contribution in [0.3, 0.4) is 0 Å². The van der Waals surface area contributed by atoms with Gasteiger partial charge in [0.05, 0.1) is 0 Å². The van der Waals surface area contributed by atoms with Crippen molar-refractivity contribution in [1.29, 1.82) is 0 Å². The molecule has 0 fully saturated rings. The molecule has 0 saturated heterocycles. The molecule has 1 atom stereocenters. The normalized spacial score (nSPS) is 14.3. The van der Waals surface area contributed by atoms with E-state index in [4.69, 9.17) is 21.1 Å². The Morgan fingerprint density at radius 3 is 2.69 bits per heavy atom. The van der Waals surface area contributed by atoms with Crippen LogP contribution in [-0.2, 0) is 27.3 Å². The molecule has 0 saturated carbocycles.